The van der Waals surface area contributed by atoms with Gasteiger partial charge < -0.3 is 5.32 Å². The van der Waals surface area contributed by atoms with Crippen LogP contribution in [-0.4, -0.2) is 22.0 Å². The second kappa shape index (κ2) is 5.39. The number of hydrogen-bond donors (Lipinski definition) is 1. The van der Waals surface area contributed by atoms with Gasteiger partial charge in [0.25, 0.3) is 0 Å². The Labute approximate surface area is 101 Å². The van der Waals surface area contributed by atoms with Crippen molar-refractivity contribution in [1.29, 1.82) is 0 Å². The summed E-state index contributed by atoms with van der Waals surface area (Å²) in [5, 5.41) is 3.06. The van der Waals surface area contributed by atoms with E-state index in [1.165, 1.54) is 0 Å². The van der Waals surface area contributed by atoms with Crippen molar-refractivity contribution in [3.05, 3.63) is 47.7 Å². The first-order valence-corrected chi connectivity index (χ1v) is 5.75. The third kappa shape index (κ3) is 3.00. The molecule has 0 spiro atoms. The molecular formula is C13H16N4. The van der Waals surface area contributed by atoms with Gasteiger partial charge in [-0.25, -0.2) is 9.97 Å². The summed E-state index contributed by atoms with van der Waals surface area (Å²) >= 11 is 0. The summed E-state index contributed by atoms with van der Waals surface area (Å²) in [6, 6.07) is 5.97. The van der Waals surface area contributed by atoms with Gasteiger partial charge in [-0.2, -0.15) is 0 Å². The smallest absolute Gasteiger partial charge is 0.130 e. The van der Waals surface area contributed by atoms with E-state index in [-0.39, 0.29) is 0 Å². The maximum absolute atomic E-state index is 4.52. The quantitative estimate of drug-likeness (QED) is 0.870. The molecule has 17 heavy (non-hydrogen) atoms. The van der Waals surface area contributed by atoms with Crippen LogP contribution in [0.15, 0.2) is 30.6 Å². The third-order valence-electron chi connectivity index (χ3n) is 2.51. The lowest BCUT2D eigenvalue weighted by Gasteiger charge is -2.06. The first-order valence-electron chi connectivity index (χ1n) is 5.75. The minimum Gasteiger partial charge on any atom is -0.373 e. The topological polar surface area (TPSA) is 50.7 Å². The minimum absolute atomic E-state index is 0.790. The summed E-state index contributed by atoms with van der Waals surface area (Å²) in [5.74, 6) is 1.74. The van der Waals surface area contributed by atoms with Crippen molar-refractivity contribution in [2.75, 3.05) is 12.4 Å². The van der Waals surface area contributed by atoms with Crippen LogP contribution in [0.4, 0.5) is 5.82 Å². The molecule has 0 aliphatic carbocycles. The lowest BCUT2D eigenvalue weighted by molar-refractivity contribution is 0.898. The number of nitrogens with zero attached hydrogens (tertiary/aromatic N) is 3. The van der Waals surface area contributed by atoms with E-state index in [0.717, 1.165) is 35.7 Å². The molecule has 0 aliphatic rings. The molecule has 0 radical (unpaired) electrons. The monoisotopic (exact) mass is 228 g/mol. The maximum Gasteiger partial charge on any atom is 0.130 e. The van der Waals surface area contributed by atoms with Crippen LogP contribution in [0.2, 0.25) is 0 Å². The van der Waals surface area contributed by atoms with E-state index >= 15 is 0 Å². The molecule has 0 saturated carbocycles. The van der Waals surface area contributed by atoms with Gasteiger partial charge in [0.15, 0.2) is 0 Å². The fourth-order valence-electron chi connectivity index (χ4n) is 1.64. The Bertz CT molecular complexity index is 460. The van der Waals surface area contributed by atoms with Crippen molar-refractivity contribution in [1.82, 2.24) is 15.0 Å². The van der Waals surface area contributed by atoms with Gasteiger partial charge in [-0.1, -0.05) is 13.0 Å². The van der Waals surface area contributed by atoms with Crippen LogP contribution in [-0.2, 0) is 12.8 Å². The van der Waals surface area contributed by atoms with Gasteiger partial charge in [-0.05, 0) is 11.6 Å². The van der Waals surface area contributed by atoms with Gasteiger partial charge in [-0.15, -0.1) is 0 Å². The SMILES string of the molecule is CCc1nc(Cc2cccnc2)cc(NC)n1. The van der Waals surface area contributed by atoms with Crippen LogP contribution in [0.5, 0.6) is 0 Å². The average molecular weight is 228 g/mol. The first-order chi connectivity index (χ1) is 8.31. The molecule has 2 aromatic heterocycles. The van der Waals surface area contributed by atoms with E-state index in [1.54, 1.807) is 6.20 Å². The normalized spacial score (nSPS) is 10.2. The minimum atomic E-state index is 0.790. The molecule has 4 nitrogen and oxygen atoms in total. The molecule has 0 aliphatic heterocycles. The van der Waals surface area contributed by atoms with Crippen molar-refractivity contribution < 1.29 is 0 Å². The Balaban J connectivity index is 2.26. The zero-order chi connectivity index (χ0) is 12.1. The number of anilines is 1. The highest BCUT2D eigenvalue weighted by Gasteiger charge is 2.03. The van der Waals surface area contributed by atoms with Crippen LogP contribution >= 0.6 is 0 Å². The van der Waals surface area contributed by atoms with Gasteiger partial charge in [0, 0.05) is 38.3 Å². The number of hydrogen-bond acceptors (Lipinski definition) is 4. The molecule has 2 aromatic rings. The third-order valence-corrected chi connectivity index (χ3v) is 2.51. The Morgan fingerprint density at radius 1 is 1.29 bits per heavy atom. The Morgan fingerprint density at radius 2 is 2.18 bits per heavy atom. The van der Waals surface area contributed by atoms with E-state index in [1.807, 2.05) is 25.4 Å². The van der Waals surface area contributed by atoms with Crippen LogP contribution in [0, 0.1) is 0 Å². The molecule has 0 fully saturated rings. The summed E-state index contributed by atoms with van der Waals surface area (Å²) in [7, 11) is 1.87. The summed E-state index contributed by atoms with van der Waals surface area (Å²) in [6.07, 6.45) is 5.28. The molecule has 0 amide bonds. The predicted octanol–water partition coefficient (Wildman–Crippen LogP) is 2.07. The molecule has 0 atom stereocenters. The molecule has 4 heteroatoms. The van der Waals surface area contributed by atoms with E-state index in [0.29, 0.717) is 0 Å². The molecule has 2 heterocycles. The highest BCUT2D eigenvalue weighted by Crippen LogP contribution is 2.11. The second-order valence-electron chi connectivity index (χ2n) is 3.80. The zero-order valence-electron chi connectivity index (χ0n) is 10.1. The molecule has 88 valence electrons. The van der Waals surface area contributed by atoms with Gasteiger partial charge in [0.2, 0.25) is 0 Å². The Kier molecular flexibility index (Phi) is 3.65. The fourth-order valence-corrected chi connectivity index (χ4v) is 1.64. The highest BCUT2D eigenvalue weighted by molar-refractivity contribution is 5.36. The van der Waals surface area contributed by atoms with E-state index in [2.05, 4.69) is 33.3 Å². The second-order valence-corrected chi connectivity index (χ2v) is 3.80. The van der Waals surface area contributed by atoms with Crippen LogP contribution in [0.3, 0.4) is 0 Å². The number of nitrogens with one attached hydrogen (secondary N) is 1. The number of aromatic nitrogens is 3. The van der Waals surface area contributed by atoms with Crippen molar-refractivity contribution in [2.45, 2.75) is 19.8 Å². The molecule has 0 saturated heterocycles. The summed E-state index contributed by atoms with van der Waals surface area (Å²) in [4.78, 5) is 13.0. The summed E-state index contributed by atoms with van der Waals surface area (Å²) < 4.78 is 0. The molecule has 0 unspecified atom stereocenters. The van der Waals surface area contributed by atoms with Crippen molar-refractivity contribution in [2.24, 2.45) is 0 Å². The lowest BCUT2D eigenvalue weighted by Crippen LogP contribution is -2.03. The van der Waals surface area contributed by atoms with Crippen LogP contribution in [0.1, 0.15) is 24.0 Å². The largest absolute Gasteiger partial charge is 0.373 e. The zero-order valence-corrected chi connectivity index (χ0v) is 10.1. The van der Waals surface area contributed by atoms with Crippen molar-refractivity contribution in [3.8, 4) is 0 Å². The Hall–Kier alpha value is -1.97. The number of rotatable bonds is 4. The molecule has 2 rings (SSSR count). The molecule has 0 aromatic carbocycles. The molecule has 1 N–H and O–H groups in total. The van der Waals surface area contributed by atoms with Crippen LogP contribution in [0.25, 0.3) is 0 Å². The first kappa shape index (κ1) is 11.5. The number of aryl methyl sites for hydroxylation is 1. The van der Waals surface area contributed by atoms with Gasteiger partial charge in [-0.3, -0.25) is 4.98 Å². The van der Waals surface area contributed by atoms with Crippen LogP contribution < -0.4 is 5.32 Å². The van der Waals surface area contributed by atoms with Gasteiger partial charge in [0.1, 0.15) is 11.6 Å². The standard InChI is InChI=1S/C13H16N4/c1-3-12-16-11(8-13(14-2)17-12)7-10-5-4-6-15-9-10/h4-6,8-9H,3,7H2,1-2H3,(H,14,16,17). The van der Waals surface area contributed by atoms with Crippen molar-refractivity contribution >= 4 is 5.82 Å². The molecule has 0 bridgehead atoms. The van der Waals surface area contributed by atoms with E-state index in [9.17, 15) is 0 Å². The fraction of sp³-hybridized carbons (Fsp3) is 0.308. The van der Waals surface area contributed by atoms with Gasteiger partial charge >= 0.3 is 0 Å². The predicted molar refractivity (Wildman–Crippen MR) is 68.0 cm³/mol. The maximum atomic E-state index is 4.52. The van der Waals surface area contributed by atoms with Crippen molar-refractivity contribution in [3.63, 3.8) is 0 Å². The van der Waals surface area contributed by atoms with Gasteiger partial charge in [0.05, 0.1) is 5.69 Å². The Morgan fingerprint density at radius 3 is 2.82 bits per heavy atom. The summed E-state index contributed by atoms with van der Waals surface area (Å²) in [6.45, 7) is 2.06. The highest BCUT2D eigenvalue weighted by atomic mass is 15.0. The van der Waals surface area contributed by atoms with E-state index in [4.69, 9.17) is 0 Å². The average Bonchev–Trinajstić information content (AvgIpc) is 2.39. The molecular weight excluding hydrogens is 212 g/mol. The summed E-state index contributed by atoms with van der Waals surface area (Å²) in [5.41, 5.74) is 2.18. The number of pyridine rings is 1. The van der Waals surface area contributed by atoms with E-state index < -0.39 is 0 Å². The lowest BCUT2D eigenvalue weighted by atomic mass is 10.1.